The van der Waals surface area contributed by atoms with Crippen molar-refractivity contribution >= 4 is 21.4 Å². The number of anilines is 1. The summed E-state index contributed by atoms with van der Waals surface area (Å²) < 4.78 is 39.0. The SMILES string of the molecule is CS(=O)(=O)C1CN(c2ccc(-c3cn(-c4ccc(F)cc4)nc3[C@@H]3CCCC[C@H]3C(=O)NC3(C#N)CC3)cc2)C1. The van der Waals surface area contributed by atoms with Crippen molar-refractivity contribution in [2.75, 3.05) is 24.2 Å². The number of nitrogens with one attached hydrogen (secondary N) is 1. The number of nitriles is 1. The molecule has 1 N–H and O–H groups in total. The van der Waals surface area contributed by atoms with Crippen molar-refractivity contribution in [3.63, 3.8) is 0 Å². The molecule has 1 aliphatic heterocycles. The van der Waals surface area contributed by atoms with Gasteiger partial charge in [0.1, 0.15) is 11.4 Å². The molecule has 1 aromatic heterocycles. The fraction of sp³-hybridized carbons (Fsp3) is 0.433. The number of benzene rings is 2. The first-order valence-electron chi connectivity index (χ1n) is 13.8. The molecule has 0 bridgehead atoms. The molecular weight excluding hydrogens is 529 g/mol. The quantitative estimate of drug-likeness (QED) is 0.459. The van der Waals surface area contributed by atoms with Crippen LogP contribution in [0, 0.1) is 23.1 Å². The van der Waals surface area contributed by atoms with E-state index >= 15 is 0 Å². The van der Waals surface area contributed by atoms with Crippen molar-refractivity contribution < 1.29 is 17.6 Å². The van der Waals surface area contributed by atoms with Gasteiger partial charge in [0.25, 0.3) is 0 Å². The summed E-state index contributed by atoms with van der Waals surface area (Å²) in [6.07, 6.45) is 8.05. The number of carbonyl (C=O) groups is 1. The van der Waals surface area contributed by atoms with E-state index < -0.39 is 15.4 Å². The van der Waals surface area contributed by atoms with Crippen molar-refractivity contribution in [3.05, 3.63) is 66.2 Å². The van der Waals surface area contributed by atoms with Gasteiger partial charge in [-0.1, -0.05) is 25.0 Å². The molecule has 3 aliphatic rings. The van der Waals surface area contributed by atoms with Crippen LogP contribution >= 0.6 is 0 Å². The largest absolute Gasteiger partial charge is 0.369 e. The van der Waals surface area contributed by atoms with Crippen LogP contribution in [0.1, 0.15) is 50.1 Å². The summed E-state index contributed by atoms with van der Waals surface area (Å²) in [5.74, 6) is -0.820. The molecule has 1 amide bonds. The highest BCUT2D eigenvalue weighted by molar-refractivity contribution is 7.91. The molecule has 0 radical (unpaired) electrons. The zero-order chi connectivity index (χ0) is 28.1. The number of hydrogen-bond donors (Lipinski definition) is 1. The third kappa shape index (κ3) is 5.10. The average Bonchev–Trinajstić information content (AvgIpc) is 3.54. The van der Waals surface area contributed by atoms with Gasteiger partial charge in [-0.15, -0.1) is 0 Å². The second kappa shape index (κ2) is 10.0. The average molecular weight is 562 g/mol. The van der Waals surface area contributed by atoms with Crippen LogP contribution in [-0.4, -0.2) is 54.2 Å². The summed E-state index contributed by atoms with van der Waals surface area (Å²) >= 11 is 0. The van der Waals surface area contributed by atoms with Gasteiger partial charge in [-0.3, -0.25) is 4.79 Å². The van der Waals surface area contributed by atoms with Gasteiger partial charge < -0.3 is 10.2 Å². The number of sulfone groups is 1. The number of rotatable bonds is 7. The van der Waals surface area contributed by atoms with Crippen LogP contribution < -0.4 is 10.2 Å². The van der Waals surface area contributed by atoms with E-state index in [1.807, 2.05) is 35.4 Å². The molecule has 2 heterocycles. The van der Waals surface area contributed by atoms with E-state index in [4.69, 9.17) is 5.10 Å². The van der Waals surface area contributed by atoms with Crippen molar-refractivity contribution in [3.8, 4) is 22.9 Å². The first-order chi connectivity index (χ1) is 19.2. The highest BCUT2D eigenvalue weighted by Gasteiger charge is 2.47. The molecule has 40 heavy (non-hydrogen) atoms. The summed E-state index contributed by atoms with van der Waals surface area (Å²) in [6.45, 7) is 0.962. The number of aromatic nitrogens is 2. The topological polar surface area (TPSA) is 108 Å². The van der Waals surface area contributed by atoms with Gasteiger partial charge in [-0.2, -0.15) is 10.4 Å². The van der Waals surface area contributed by atoms with E-state index in [9.17, 15) is 22.9 Å². The maximum Gasteiger partial charge on any atom is 0.225 e. The highest BCUT2D eigenvalue weighted by Crippen LogP contribution is 2.43. The van der Waals surface area contributed by atoms with Crippen LogP contribution in [-0.2, 0) is 14.6 Å². The molecule has 3 fully saturated rings. The molecule has 3 aromatic rings. The summed E-state index contributed by atoms with van der Waals surface area (Å²) in [5.41, 5.74) is 3.61. The normalized spacial score (nSPS) is 22.3. The minimum absolute atomic E-state index is 0.0837. The predicted octanol–water partition coefficient (Wildman–Crippen LogP) is 4.36. The number of nitrogens with zero attached hydrogens (tertiary/aromatic N) is 4. The minimum Gasteiger partial charge on any atom is -0.369 e. The fourth-order valence-corrected chi connectivity index (χ4v) is 6.77. The number of carbonyl (C=O) groups excluding carboxylic acids is 1. The lowest BCUT2D eigenvalue weighted by molar-refractivity contribution is -0.127. The lowest BCUT2D eigenvalue weighted by Crippen LogP contribution is -2.54. The Hall–Kier alpha value is -3.71. The van der Waals surface area contributed by atoms with Crippen LogP contribution in [0.4, 0.5) is 10.1 Å². The van der Waals surface area contributed by atoms with Gasteiger partial charge in [0.15, 0.2) is 9.84 Å². The molecular formula is C30H32FN5O3S. The van der Waals surface area contributed by atoms with Crippen LogP contribution in [0.15, 0.2) is 54.7 Å². The zero-order valence-electron chi connectivity index (χ0n) is 22.4. The van der Waals surface area contributed by atoms with Crippen LogP contribution in [0.2, 0.25) is 0 Å². The van der Waals surface area contributed by atoms with Crippen molar-refractivity contribution in [2.24, 2.45) is 5.92 Å². The molecule has 2 aromatic carbocycles. The summed E-state index contributed by atoms with van der Waals surface area (Å²) in [6, 6.07) is 16.4. The van der Waals surface area contributed by atoms with Gasteiger partial charge in [-0.05, 0) is 67.6 Å². The third-order valence-electron chi connectivity index (χ3n) is 8.61. The Balaban J connectivity index is 1.33. The molecule has 0 spiro atoms. The molecule has 10 heteroatoms. The molecule has 6 rings (SSSR count). The Morgan fingerprint density at radius 1 is 1.05 bits per heavy atom. The summed E-state index contributed by atoms with van der Waals surface area (Å²) in [5, 5.41) is 17.2. The fourth-order valence-electron chi connectivity index (χ4n) is 5.87. The van der Waals surface area contributed by atoms with Gasteiger partial charge in [0.05, 0.1) is 22.7 Å². The molecule has 2 saturated carbocycles. The first-order valence-corrected chi connectivity index (χ1v) is 15.7. The predicted molar refractivity (Wildman–Crippen MR) is 150 cm³/mol. The lowest BCUT2D eigenvalue weighted by Gasteiger charge is -2.39. The van der Waals surface area contributed by atoms with E-state index in [-0.39, 0.29) is 28.8 Å². The lowest BCUT2D eigenvalue weighted by atomic mass is 9.75. The van der Waals surface area contributed by atoms with Crippen molar-refractivity contribution in [1.82, 2.24) is 15.1 Å². The standard InChI is InChI=1S/C30H32FN5O3S/c1-40(38,39)24-16-35(17-24)22-10-6-20(7-11-22)27-18-36(23-12-8-21(31)9-13-23)34-28(27)25-4-2-3-5-26(25)29(37)33-30(19-32)14-15-30/h6-13,18,24-26H,2-5,14-17H2,1H3,(H,33,37)/t25-,26-/m1/s1. The van der Waals surface area contributed by atoms with E-state index in [1.54, 1.807) is 16.8 Å². The smallest absolute Gasteiger partial charge is 0.225 e. The minimum atomic E-state index is -3.05. The Bertz CT molecular complexity index is 1570. The van der Waals surface area contributed by atoms with Crippen LogP contribution in [0.5, 0.6) is 0 Å². The van der Waals surface area contributed by atoms with Crippen LogP contribution in [0.25, 0.3) is 16.8 Å². The highest BCUT2D eigenvalue weighted by atomic mass is 32.2. The molecule has 2 aliphatic carbocycles. The van der Waals surface area contributed by atoms with Gasteiger partial charge >= 0.3 is 0 Å². The van der Waals surface area contributed by atoms with Gasteiger partial charge in [0, 0.05) is 48.6 Å². The van der Waals surface area contributed by atoms with Gasteiger partial charge in [-0.25, -0.2) is 17.5 Å². The molecule has 8 nitrogen and oxygen atoms in total. The Morgan fingerprint density at radius 3 is 2.33 bits per heavy atom. The maximum atomic E-state index is 13.6. The number of halogens is 1. The Morgan fingerprint density at radius 2 is 1.70 bits per heavy atom. The molecule has 1 saturated heterocycles. The molecule has 208 valence electrons. The first kappa shape index (κ1) is 26.5. The van der Waals surface area contributed by atoms with Crippen molar-refractivity contribution in [1.29, 1.82) is 5.26 Å². The number of hydrogen-bond acceptors (Lipinski definition) is 6. The van der Waals surface area contributed by atoms with Crippen LogP contribution in [0.3, 0.4) is 0 Å². The Labute approximate surface area is 233 Å². The van der Waals surface area contributed by atoms with Crippen molar-refractivity contribution in [2.45, 2.75) is 55.2 Å². The molecule has 0 unspecified atom stereocenters. The second-order valence-electron chi connectivity index (χ2n) is 11.4. The summed E-state index contributed by atoms with van der Waals surface area (Å²) in [7, 11) is -3.05. The monoisotopic (exact) mass is 561 g/mol. The Kier molecular flexibility index (Phi) is 6.65. The third-order valence-corrected chi connectivity index (χ3v) is 10.1. The second-order valence-corrected chi connectivity index (χ2v) is 13.8. The van der Waals surface area contributed by atoms with Gasteiger partial charge in [0.2, 0.25) is 5.91 Å². The van der Waals surface area contributed by atoms with E-state index in [0.29, 0.717) is 25.9 Å². The zero-order valence-corrected chi connectivity index (χ0v) is 23.2. The molecule has 2 atom stereocenters. The number of amides is 1. The maximum absolute atomic E-state index is 13.6. The summed E-state index contributed by atoms with van der Waals surface area (Å²) in [4.78, 5) is 15.5. The van der Waals surface area contributed by atoms with E-state index in [1.165, 1.54) is 18.4 Å². The van der Waals surface area contributed by atoms with E-state index in [2.05, 4.69) is 11.4 Å². The van der Waals surface area contributed by atoms with E-state index in [0.717, 1.165) is 53.9 Å².